The summed E-state index contributed by atoms with van der Waals surface area (Å²) in [5.74, 6) is -5.08. The van der Waals surface area contributed by atoms with Gasteiger partial charge < -0.3 is 15.3 Å². The van der Waals surface area contributed by atoms with Gasteiger partial charge in [0.05, 0.1) is 17.5 Å². The molecule has 2 aliphatic rings. The van der Waals surface area contributed by atoms with Gasteiger partial charge in [0.1, 0.15) is 17.0 Å². The number of hydrogen-bond acceptors (Lipinski definition) is 6. The molecule has 2 heterocycles. The Labute approximate surface area is 173 Å². The highest BCUT2D eigenvalue weighted by atomic mass is 79.9. The van der Waals surface area contributed by atoms with E-state index in [9.17, 15) is 29.7 Å². The van der Waals surface area contributed by atoms with Crippen LogP contribution in [0, 0.1) is 11.8 Å². The third-order valence-corrected chi connectivity index (χ3v) is 6.19. The number of fused-ring (bicyclic) bond motifs is 1. The topological polar surface area (TPSA) is 127 Å². The van der Waals surface area contributed by atoms with Crippen LogP contribution in [0.2, 0.25) is 0 Å². The molecule has 0 radical (unpaired) electrons. The molecule has 0 bridgehead atoms. The summed E-state index contributed by atoms with van der Waals surface area (Å²) < 4.78 is 0.768. The number of carboxylic acid groups (broad SMARTS) is 1. The maximum absolute atomic E-state index is 13.3. The van der Waals surface area contributed by atoms with Crippen LogP contribution >= 0.6 is 15.9 Å². The summed E-state index contributed by atoms with van der Waals surface area (Å²) in [6, 6.07) is 9.49. The molecule has 4 rings (SSSR count). The number of aromatic hydroxyl groups is 2. The number of halogens is 1. The zero-order valence-electron chi connectivity index (χ0n) is 15.2. The molecule has 4 N–H and O–H groups in total. The van der Waals surface area contributed by atoms with Crippen LogP contribution in [0.1, 0.15) is 18.5 Å². The summed E-state index contributed by atoms with van der Waals surface area (Å²) in [6.07, 6.45) is 0. The summed E-state index contributed by atoms with van der Waals surface area (Å²) in [5, 5.41) is 32.6. The quantitative estimate of drug-likeness (QED) is 0.516. The fraction of sp³-hybridized carbons (Fsp3) is 0.250. The van der Waals surface area contributed by atoms with Crippen LogP contribution in [0.15, 0.2) is 46.9 Å². The average Bonchev–Trinajstić information content (AvgIpc) is 3.11. The zero-order chi connectivity index (χ0) is 21.1. The lowest BCUT2D eigenvalue weighted by Gasteiger charge is -2.27. The maximum atomic E-state index is 13.3. The number of phenolic OH excluding ortho intramolecular Hbond substituents is 2. The van der Waals surface area contributed by atoms with Crippen LogP contribution in [0.3, 0.4) is 0 Å². The Morgan fingerprint density at radius 3 is 2.34 bits per heavy atom. The van der Waals surface area contributed by atoms with E-state index in [1.807, 2.05) is 0 Å². The van der Waals surface area contributed by atoms with Gasteiger partial charge in [-0.25, -0.2) is 4.90 Å². The van der Waals surface area contributed by atoms with E-state index < -0.39 is 41.2 Å². The SMILES string of the molecule is C[C@]1(C(=O)O)N[C@H](c2ccc(O)cc2O)[C@H]2C(=O)N(c3ccc(Br)cc3)C(=O)[C@H]21. The van der Waals surface area contributed by atoms with Gasteiger partial charge in [-0.3, -0.25) is 19.7 Å². The molecule has 2 aromatic rings. The smallest absolute Gasteiger partial charge is 0.324 e. The molecular weight excluding hydrogens is 444 g/mol. The molecule has 0 unspecified atom stereocenters. The van der Waals surface area contributed by atoms with E-state index in [0.717, 1.165) is 15.4 Å². The van der Waals surface area contributed by atoms with Gasteiger partial charge in [0.25, 0.3) is 0 Å². The van der Waals surface area contributed by atoms with Crippen LogP contribution in [-0.2, 0) is 14.4 Å². The molecule has 2 aromatic carbocycles. The van der Waals surface area contributed by atoms with E-state index in [1.54, 1.807) is 24.3 Å². The molecule has 0 spiro atoms. The van der Waals surface area contributed by atoms with Crippen molar-refractivity contribution in [3.63, 3.8) is 0 Å². The minimum atomic E-state index is -1.71. The lowest BCUT2D eigenvalue weighted by molar-refractivity contribution is -0.147. The molecule has 2 fully saturated rings. The first-order valence-corrected chi connectivity index (χ1v) is 9.61. The predicted octanol–water partition coefficient (Wildman–Crippen LogP) is 2.15. The molecule has 0 aliphatic carbocycles. The maximum Gasteiger partial charge on any atom is 0.324 e. The normalized spacial score (nSPS) is 28.6. The monoisotopic (exact) mass is 460 g/mol. The van der Waals surface area contributed by atoms with E-state index in [0.29, 0.717) is 5.69 Å². The van der Waals surface area contributed by atoms with Gasteiger partial charge in [0.2, 0.25) is 11.8 Å². The Morgan fingerprint density at radius 2 is 1.76 bits per heavy atom. The first-order valence-electron chi connectivity index (χ1n) is 8.81. The summed E-state index contributed by atoms with van der Waals surface area (Å²) in [7, 11) is 0. The van der Waals surface area contributed by atoms with Crippen molar-refractivity contribution in [1.29, 1.82) is 0 Å². The first-order chi connectivity index (χ1) is 13.6. The molecular formula is C20H17BrN2O6. The number of carboxylic acids is 1. The van der Waals surface area contributed by atoms with Crippen LogP contribution in [0.25, 0.3) is 0 Å². The summed E-state index contributed by atoms with van der Waals surface area (Å²) in [6.45, 7) is 1.36. The predicted molar refractivity (Wildman–Crippen MR) is 105 cm³/mol. The van der Waals surface area contributed by atoms with E-state index in [-0.39, 0.29) is 17.1 Å². The van der Waals surface area contributed by atoms with Crippen molar-refractivity contribution in [3.8, 4) is 11.5 Å². The number of carbonyl (C=O) groups is 3. The number of carbonyl (C=O) groups excluding carboxylic acids is 2. The van der Waals surface area contributed by atoms with E-state index in [1.165, 1.54) is 19.1 Å². The molecule has 0 aromatic heterocycles. The Kier molecular flexibility index (Phi) is 4.39. The molecule has 2 aliphatic heterocycles. The molecule has 8 nitrogen and oxygen atoms in total. The second kappa shape index (κ2) is 6.57. The van der Waals surface area contributed by atoms with Gasteiger partial charge in [0.15, 0.2) is 0 Å². The van der Waals surface area contributed by atoms with Crippen LogP contribution in [0.5, 0.6) is 11.5 Å². The van der Waals surface area contributed by atoms with Gasteiger partial charge in [-0.2, -0.15) is 0 Å². The minimum absolute atomic E-state index is 0.174. The van der Waals surface area contributed by atoms with Crippen LogP contribution in [-0.4, -0.2) is 38.6 Å². The van der Waals surface area contributed by atoms with Crippen molar-refractivity contribution in [2.75, 3.05) is 4.90 Å². The number of phenols is 2. The van der Waals surface area contributed by atoms with Gasteiger partial charge in [-0.15, -0.1) is 0 Å². The van der Waals surface area contributed by atoms with E-state index in [4.69, 9.17) is 0 Å². The summed E-state index contributed by atoms with van der Waals surface area (Å²) in [5.41, 5.74) is -1.13. The van der Waals surface area contributed by atoms with Crippen molar-refractivity contribution >= 4 is 39.4 Å². The molecule has 2 amide bonds. The van der Waals surface area contributed by atoms with E-state index in [2.05, 4.69) is 21.2 Å². The fourth-order valence-corrected chi connectivity index (χ4v) is 4.51. The highest BCUT2D eigenvalue weighted by Gasteiger charge is 2.67. The number of nitrogens with one attached hydrogen (secondary N) is 1. The standard InChI is InChI=1S/C20H17BrN2O6/c1-20(19(28)29)15-14(16(22-20)12-7-6-11(24)8-13(12)25)17(26)23(18(15)27)10-4-2-9(21)3-5-10/h2-8,14-16,22,24-25H,1H3,(H,28,29)/t14-,15-,16+,20-/m0/s1. The molecule has 4 atom stereocenters. The van der Waals surface area contributed by atoms with Gasteiger partial charge in [0, 0.05) is 22.1 Å². The molecule has 150 valence electrons. The number of benzene rings is 2. The number of aliphatic carboxylic acids is 1. The third kappa shape index (κ3) is 2.80. The largest absolute Gasteiger partial charge is 0.508 e. The first kappa shape index (κ1) is 19.4. The third-order valence-electron chi connectivity index (χ3n) is 5.67. The van der Waals surface area contributed by atoms with Crippen LogP contribution in [0.4, 0.5) is 5.69 Å². The van der Waals surface area contributed by atoms with Gasteiger partial charge >= 0.3 is 5.97 Å². The van der Waals surface area contributed by atoms with Gasteiger partial charge in [-0.1, -0.05) is 22.0 Å². The number of anilines is 1. The van der Waals surface area contributed by atoms with Crippen LogP contribution < -0.4 is 10.2 Å². The molecule has 2 saturated heterocycles. The lowest BCUT2D eigenvalue weighted by Crippen LogP contribution is -2.53. The van der Waals surface area contributed by atoms with Crippen molar-refractivity contribution in [1.82, 2.24) is 5.32 Å². The van der Waals surface area contributed by atoms with Crippen molar-refractivity contribution in [2.24, 2.45) is 11.8 Å². The Balaban J connectivity index is 1.84. The second-order valence-corrected chi connectivity index (χ2v) is 8.28. The number of imide groups is 1. The number of amides is 2. The number of nitrogens with zero attached hydrogens (tertiary/aromatic N) is 1. The molecule has 29 heavy (non-hydrogen) atoms. The Hall–Kier alpha value is -2.91. The van der Waals surface area contributed by atoms with Crippen molar-refractivity contribution in [3.05, 3.63) is 52.5 Å². The lowest BCUT2D eigenvalue weighted by atomic mass is 9.80. The highest BCUT2D eigenvalue weighted by molar-refractivity contribution is 9.10. The highest BCUT2D eigenvalue weighted by Crippen LogP contribution is 2.51. The average molecular weight is 461 g/mol. The van der Waals surface area contributed by atoms with Gasteiger partial charge in [-0.05, 0) is 37.3 Å². The fourth-order valence-electron chi connectivity index (χ4n) is 4.24. The molecule has 9 heteroatoms. The zero-order valence-corrected chi connectivity index (χ0v) is 16.8. The second-order valence-electron chi connectivity index (χ2n) is 7.36. The van der Waals surface area contributed by atoms with E-state index >= 15 is 0 Å². The Morgan fingerprint density at radius 1 is 1.10 bits per heavy atom. The number of hydrogen-bond donors (Lipinski definition) is 4. The Bertz CT molecular complexity index is 1040. The summed E-state index contributed by atoms with van der Waals surface area (Å²) >= 11 is 3.30. The summed E-state index contributed by atoms with van der Waals surface area (Å²) in [4.78, 5) is 39.6. The van der Waals surface area contributed by atoms with Crippen molar-refractivity contribution in [2.45, 2.75) is 18.5 Å². The minimum Gasteiger partial charge on any atom is -0.508 e. The number of rotatable bonds is 3. The molecule has 0 saturated carbocycles. The van der Waals surface area contributed by atoms with Crippen molar-refractivity contribution < 1.29 is 29.7 Å².